The Labute approximate surface area is 204 Å². The summed E-state index contributed by atoms with van der Waals surface area (Å²) < 4.78 is 11.5. The van der Waals surface area contributed by atoms with Gasteiger partial charge in [0.1, 0.15) is 0 Å². The van der Waals surface area contributed by atoms with Crippen molar-refractivity contribution in [2.24, 2.45) is 5.73 Å². The summed E-state index contributed by atoms with van der Waals surface area (Å²) >= 11 is 0. The smallest absolute Gasteiger partial charge is 0.221 e. The van der Waals surface area contributed by atoms with E-state index < -0.39 is 5.91 Å². The average Bonchev–Trinajstić information content (AvgIpc) is 2.84. The van der Waals surface area contributed by atoms with Crippen molar-refractivity contribution in [3.8, 4) is 11.5 Å². The second-order valence-corrected chi connectivity index (χ2v) is 8.09. The first kappa shape index (κ1) is 25.8. The highest BCUT2D eigenvalue weighted by Crippen LogP contribution is 2.38. The van der Waals surface area contributed by atoms with Crippen LogP contribution in [0.2, 0.25) is 0 Å². The van der Waals surface area contributed by atoms with Gasteiger partial charge in [-0.2, -0.15) is 0 Å². The maximum absolute atomic E-state index is 11.8. The molecule has 1 aromatic heterocycles. The van der Waals surface area contributed by atoms with Gasteiger partial charge in [-0.05, 0) is 36.1 Å². The van der Waals surface area contributed by atoms with Crippen LogP contribution in [0, 0.1) is 0 Å². The molecule has 186 valence electrons. The Balaban J connectivity index is 2.03. The third-order valence-corrected chi connectivity index (χ3v) is 5.61. The molecule has 3 aromatic rings. The lowest BCUT2D eigenvalue weighted by Crippen LogP contribution is -2.22. The highest BCUT2D eigenvalue weighted by molar-refractivity contribution is 5.98. The summed E-state index contributed by atoms with van der Waals surface area (Å²) in [7, 11) is 1.55. The Kier molecular flexibility index (Phi) is 8.86. The van der Waals surface area contributed by atoms with Gasteiger partial charge in [-0.25, -0.2) is 0 Å². The van der Waals surface area contributed by atoms with E-state index in [9.17, 15) is 14.7 Å². The minimum Gasteiger partial charge on any atom is -0.493 e. The van der Waals surface area contributed by atoms with E-state index in [1.807, 2.05) is 31.2 Å². The van der Waals surface area contributed by atoms with Crippen molar-refractivity contribution in [1.82, 2.24) is 10.3 Å². The van der Waals surface area contributed by atoms with Crippen molar-refractivity contribution in [1.29, 1.82) is 0 Å². The standard InChI is InChI=1S/C26H32N4O5/c1-4-19-17(15-31)7-5-8-21(19)30-26-18(11-25(27)33)14-29-22-13-24(23(34-3)12-20(22)26)35-10-6-9-28-16(2)32/h5,7-8,12-14,31H,4,6,9-11,15H2,1-3H3,(H2,27,33)(H,28,32)(H,29,30). The van der Waals surface area contributed by atoms with Crippen molar-refractivity contribution in [3.63, 3.8) is 0 Å². The normalized spacial score (nSPS) is 10.7. The van der Waals surface area contributed by atoms with Gasteiger partial charge < -0.3 is 30.9 Å². The number of aliphatic hydroxyl groups is 1. The van der Waals surface area contributed by atoms with Gasteiger partial charge in [-0.3, -0.25) is 14.6 Å². The summed E-state index contributed by atoms with van der Waals surface area (Å²) in [6, 6.07) is 9.30. The lowest BCUT2D eigenvalue weighted by atomic mass is 10.0. The van der Waals surface area contributed by atoms with Crippen LogP contribution in [0.1, 0.15) is 37.0 Å². The largest absolute Gasteiger partial charge is 0.493 e. The Morgan fingerprint density at radius 3 is 2.63 bits per heavy atom. The third-order valence-electron chi connectivity index (χ3n) is 5.61. The lowest BCUT2D eigenvalue weighted by Gasteiger charge is -2.19. The Hall–Kier alpha value is -3.85. The SMILES string of the molecule is CCc1c(CO)cccc1Nc1c(CC(N)=O)cnc2cc(OCCCNC(C)=O)c(OC)cc12. The van der Waals surface area contributed by atoms with E-state index in [1.54, 1.807) is 19.4 Å². The molecule has 0 unspecified atom stereocenters. The molecule has 0 radical (unpaired) electrons. The highest BCUT2D eigenvalue weighted by atomic mass is 16.5. The summed E-state index contributed by atoms with van der Waals surface area (Å²) in [6.07, 6.45) is 2.99. The molecule has 0 atom stereocenters. The first-order valence-corrected chi connectivity index (χ1v) is 11.5. The summed E-state index contributed by atoms with van der Waals surface area (Å²) in [5.41, 5.74) is 10.1. The molecule has 0 spiro atoms. The molecule has 0 aliphatic heterocycles. The van der Waals surface area contributed by atoms with Crippen molar-refractivity contribution in [2.75, 3.05) is 25.6 Å². The van der Waals surface area contributed by atoms with Gasteiger partial charge in [0, 0.05) is 42.4 Å². The average molecular weight is 481 g/mol. The van der Waals surface area contributed by atoms with E-state index in [4.69, 9.17) is 15.2 Å². The number of pyridine rings is 1. The van der Waals surface area contributed by atoms with Crippen molar-refractivity contribution in [3.05, 3.63) is 53.2 Å². The van der Waals surface area contributed by atoms with Gasteiger partial charge in [-0.1, -0.05) is 19.1 Å². The number of hydrogen-bond acceptors (Lipinski definition) is 7. The Morgan fingerprint density at radius 2 is 1.97 bits per heavy atom. The number of hydrogen-bond donors (Lipinski definition) is 4. The fourth-order valence-electron chi connectivity index (χ4n) is 3.95. The van der Waals surface area contributed by atoms with Gasteiger partial charge in [0.15, 0.2) is 11.5 Å². The molecule has 9 nitrogen and oxygen atoms in total. The first-order valence-electron chi connectivity index (χ1n) is 11.5. The minimum atomic E-state index is -0.472. The predicted octanol–water partition coefficient (Wildman–Crippen LogP) is 2.97. The molecule has 35 heavy (non-hydrogen) atoms. The molecule has 0 bridgehead atoms. The van der Waals surface area contributed by atoms with Crippen LogP contribution in [0.5, 0.6) is 11.5 Å². The van der Waals surface area contributed by atoms with Crippen LogP contribution in [0.3, 0.4) is 0 Å². The summed E-state index contributed by atoms with van der Waals surface area (Å²) in [5.74, 6) is 0.485. The van der Waals surface area contributed by atoms with Gasteiger partial charge in [0.05, 0.1) is 37.9 Å². The van der Waals surface area contributed by atoms with E-state index in [1.165, 1.54) is 6.92 Å². The third kappa shape index (κ3) is 6.39. The van der Waals surface area contributed by atoms with E-state index in [0.29, 0.717) is 54.3 Å². The summed E-state index contributed by atoms with van der Waals surface area (Å²) in [4.78, 5) is 27.4. The van der Waals surface area contributed by atoms with E-state index >= 15 is 0 Å². The summed E-state index contributed by atoms with van der Waals surface area (Å²) in [5, 5.41) is 16.7. The number of nitrogens with one attached hydrogen (secondary N) is 2. The van der Waals surface area contributed by atoms with E-state index in [-0.39, 0.29) is 18.9 Å². The number of rotatable bonds is 12. The zero-order chi connectivity index (χ0) is 25.4. The predicted molar refractivity (Wildman–Crippen MR) is 135 cm³/mol. The van der Waals surface area contributed by atoms with Crippen LogP contribution in [-0.2, 0) is 29.0 Å². The molecule has 5 N–H and O–H groups in total. The number of carbonyl (C=O) groups is 2. The summed E-state index contributed by atoms with van der Waals surface area (Å²) in [6.45, 7) is 4.33. The van der Waals surface area contributed by atoms with Crippen molar-refractivity contribution >= 4 is 34.1 Å². The molecule has 9 heteroatoms. The number of anilines is 2. The quantitative estimate of drug-likeness (QED) is 0.293. The lowest BCUT2D eigenvalue weighted by molar-refractivity contribution is -0.119. The molecule has 0 saturated carbocycles. The number of aromatic nitrogens is 1. The molecule has 1 heterocycles. The van der Waals surface area contributed by atoms with E-state index in [2.05, 4.69) is 15.6 Å². The number of ether oxygens (including phenoxy) is 2. The van der Waals surface area contributed by atoms with Crippen LogP contribution in [0.25, 0.3) is 10.9 Å². The fraction of sp³-hybridized carbons (Fsp3) is 0.346. The molecular weight excluding hydrogens is 448 g/mol. The molecule has 3 rings (SSSR count). The number of aliphatic hydroxyl groups excluding tert-OH is 1. The Bertz CT molecular complexity index is 1210. The van der Waals surface area contributed by atoms with Crippen LogP contribution in [-0.4, -0.2) is 42.2 Å². The van der Waals surface area contributed by atoms with Gasteiger partial charge in [0.2, 0.25) is 11.8 Å². The number of methoxy groups -OCH3 is 1. The maximum Gasteiger partial charge on any atom is 0.221 e. The number of nitrogens with zero attached hydrogens (tertiary/aromatic N) is 1. The van der Waals surface area contributed by atoms with Gasteiger partial charge >= 0.3 is 0 Å². The van der Waals surface area contributed by atoms with Gasteiger partial charge in [0.25, 0.3) is 0 Å². The first-order chi connectivity index (χ1) is 16.9. The van der Waals surface area contributed by atoms with Crippen LogP contribution in [0.15, 0.2) is 36.5 Å². The fourth-order valence-corrected chi connectivity index (χ4v) is 3.95. The molecule has 0 aliphatic carbocycles. The van der Waals surface area contributed by atoms with Crippen molar-refractivity contribution in [2.45, 2.75) is 39.7 Å². The molecule has 2 amide bonds. The number of primary amides is 1. The van der Waals surface area contributed by atoms with Crippen LogP contribution >= 0.6 is 0 Å². The number of carbonyl (C=O) groups excluding carboxylic acids is 2. The highest BCUT2D eigenvalue weighted by Gasteiger charge is 2.17. The number of nitrogens with two attached hydrogens (primary N) is 1. The van der Waals surface area contributed by atoms with Crippen molar-refractivity contribution < 1.29 is 24.2 Å². The molecular formula is C26H32N4O5. The van der Waals surface area contributed by atoms with Gasteiger partial charge in [-0.15, -0.1) is 0 Å². The zero-order valence-electron chi connectivity index (χ0n) is 20.3. The molecule has 0 fully saturated rings. The molecule has 2 aromatic carbocycles. The monoisotopic (exact) mass is 480 g/mol. The number of fused-ring (bicyclic) bond motifs is 1. The molecule has 0 aliphatic rings. The van der Waals surface area contributed by atoms with E-state index in [0.717, 1.165) is 22.2 Å². The Morgan fingerprint density at radius 1 is 1.17 bits per heavy atom. The number of amides is 2. The second kappa shape index (κ2) is 12.0. The van der Waals surface area contributed by atoms with Crippen LogP contribution < -0.4 is 25.8 Å². The van der Waals surface area contributed by atoms with Crippen LogP contribution in [0.4, 0.5) is 11.4 Å². The minimum absolute atomic E-state index is 0.0101. The zero-order valence-corrected chi connectivity index (χ0v) is 20.3. The number of benzene rings is 2. The topological polar surface area (TPSA) is 136 Å². The molecule has 0 saturated heterocycles. The second-order valence-electron chi connectivity index (χ2n) is 8.09. The maximum atomic E-state index is 11.8.